The second-order valence-corrected chi connectivity index (χ2v) is 6.67. The number of sulfonamides is 1. The molecule has 1 fully saturated rings. The Morgan fingerprint density at radius 3 is 2.85 bits per heavy atom. The van der Waals surface area contributed by atoms with Gasteiger partial charge < -0.3 is 5.32 Å². The van der Waals surface area contributed by atoms with Crippen LogP contribution in [0.25, 0.3) is 0 Å². The van der Waals surface area contributed by atoms with Crippen LogP contribution < -0.4 is 10.0 Å². The zero-order valence-electron chi connectivity index (χ0n) is 10.7. The molecule has 1 aliphatic rings. The van der Waals surface area contributed by atoms with Gasteiger partial charge in [-0.2, -0.15) is 0 Å². The molecule has 1 heterocycles. The Bertz CT molecular complexity index is 548. The summed E-state index contributed by atoms with van der Waals surface area (Å²) in [6.45, 7) is 1.26. The molecule has 1 atom stereocenters. The van der Waals surface area contributed by atoms with Gasteiger partial charge in [-0.15, -0.1) is 12.4 Å². The van der Waals surface area contributed by atoms with E-state index in [1.54, 1.807) is 0 Å². The molecule has 114 valence electrons. The van der Waals surface area contributed by atoms with Crippen LogP contribution in [0.1, 0.15) is 19.3 Å². The van der Waals surface area contributed by atoms with Crippen LogP contribution in [0.3, 0.4) is 0 Å². The van der Waals surface area contributed by atoms with E-state index in [0.29, 0.717) is 12.5 Å². The van der Waals surface area contributed by atoms with Crippen molar-refractivity contribution in [3.05, 3.63) is 29.0 Å². The van der Waals surface area contributed by atoms with Crippen molar-refractivity contribution in [3.63, 3.8) is 0 Å². The van der Waals surface area contributed by atoms with E-state index in [4.69, 9.17) is 11.6 Å². The number of hydrogen-bond donors (Lipinski definition) is 2. The maximum Gasteiger partial charge on any atom is 0.243 e. The van der Waals surface area contributed by atoms with E-state index < -0.39 is 20.7 Å². The van der Waals surface area contributed by atoms with Crippen LogP contribution in [0.5, 0.6) is 0 Å². The molecule has 0 spiro atoms. The molecule has 4 nitrogen and oxygen atoms in total. The van der Waals surface area contributed by atoms with Gasteiger partial charge in [-0.25, -0.2) is 17.5 Å². The summed E-state index contributed by atoms with van der Waals surface area (Å²) in [5, 5.41) is 3.08. The molecule has 1 aromatic carbocycles. The fraction of sp³-hybridized carbons (Fsp3) is 0.500. The van der Waals surface area contributed by atoms with Crippen LogP contribution in [-0.2, 0) is 10.0 Å². The third-order valence-corrected chi connectivity index (χ3v) is 4.92. The van der Waals surface area contributed by atoms with Gasteiger partial charge in [0.25, 0.3) is 0 Å². The van der Waals surface area contributed by atoms with Crippen LogP contribution in [-0.4, -0.2) is 27.5 Å². The third-order valence-electron chi connectivity index (χ3n) is 3.15. The van der Waals surface area contributed by atoms with E-state index in [9.17, 15) is 12.8 Å². The lowest BCUT2D eigenvalue weighted by Gasteiger charge is -2.11. The molecule has 0 aliphatic carbocycles. The second kappa shape index (κ2) is 7.56. The van der Waals surface area contributed by atoms with E-state index in [0.717, 1.165) is 19.4 Å². The highest BCUT2D eigenvalue weighted by molar-refractivity contribution is 7.89. The summed E-state index contributed by atoms with van der Waals surface area (Å²) in [7, 11) is -3.84. The Morgan fingerprint density at radius 1 is 1.45 bits per heavy atom. The fourth-order valence-corrected chi connectivity index (χ4v) is 3.52. The molecule has 8 heteroatoms. The highest BCUT2D eigenvalue weighted by Crippen LogP contribution is 2.21. The molecular formula is C12H17Cl2FN2O2S. The van der Waals surface area contributed by atoms with Crippen LogP contribution >= 0.6 is 24.0 Å². The van der Waals surface area contributed by atoms with Crippen molar-refractivity contribution in [1.29, 1.82) is 0 Å². The van der Waals surface area contributed by atoms with Crippen LogP contribution in [0.2, 0.25) is 5.02 Å². The highest BCUT2D eigenvalue weighted by atomic mass is 35.5. The quantitative estimate of drug-likeness (QED) is 0.863. The van der Waals surface area contributed by atoms with Crippen LogP contribution in [0.4, 0.5) is 4.39 Å². The molecule has 0 radical (unpaired) electrons. The third kappa shape index (κ3) is 4.30. The largest absolute Gasteiger partial charge is 0.314 e. The van der Waals surface area contributed by atoms with E-state index in [-0.39, 0.29) is 24.0 Å². The SMILES string of the molecule is Cl.O=S(=O)(NCC[C@H]1CCCN1)c1cccc(Cl)c1F. The minimum absolute atomic E-state index is 0. The first-order chi connectivity index (χ1) is 9.00. The maximum absolute atomic E-state index is 13.7. The van der Waals surface area contributed by atoms with Crippen molar-refractivity contribution in [2.75, 3.05) is 13.1 Å². The van der Waals surface area contributed by atoms with E-state index >= 15 is 0 Å². The molecular weight excluding hydrogens is 326 g/mol. The summed E-state index contributed by atoms with van der Waals surface area (Å²) in [4.78, 5) is -0.403. The second-order valence-electron chi connectivity index (χ2n) is 4.53. The lowest BCUT2D eigenvalue weighted by atomic mass is 10.2. The number of rotatable bonds is 5. The average molecular weight is 343 g/mol. The van der Waals surface area contributed by atoms with E-state index in [1.807, 2.05) is 0 Å². The zero-order valence-corrected chi connectivity index (χ0v) is 13.1. The molecule has 0 bridgehead atoms. The Balaban J connectivity index is 0.00000200. The van der Waals surface area contributed by atoms with Gasteiger partial charge in [0.15, 0.2) is 5.82 Å². The maximum atomic E-state index is 13.7. The van der Waals surface area contributed by atoms with Gasteiger partial charge in [0, 0.05) is 12.6 Å². The summed E-state index contributed by atoms with van der Waals surface area (Å²) >= 11 is 5.58. The first-order valence-corrected chi connectivity index (χ1v) is 8.04. The molecule has 1 aliphatic heterocycles. The highest BCUT2D eigenvalue weighted by Gasteiger charge is 2.21. The van der Waals surface area contributed by atoms with Gasteiger partial charge in [0.1, 0.15) is 4.90 Å². The lowest BCUT2D eigenvalue weighted by molar-refractivity contribution is 0.532. The Labute approximate surface area is 129 Å². The van der Waals surface area contributed by atoms with Crippen molar-refractivity contribution in [1.82, 2.24) is 10.0 Å². The van der Waals surface area contributed by atoms with Gasteiger partial charge in [0.05, 0.1) is 5.02 Å². The van der Waals surface area contributed by atoms with E-state index in [1.165, 1.54) is 18.2 Å². The summed E-state index contributed by atoms with van der Waals surface area (Å²) in [5.74, 6) is -0.907. The van der Waals surface area contributed by atoms with Crippen molar-refractivity contribution in [2.45, 2.75) is 30.2 Å². The van der Waals surface area contributed by atoms with E-state index in [2.05, 4.69) is 10.0 Å². The minimum Gasteiger partial charge on any atom is -0.314 e. The Morgan fingerprint density at radius 2 is 2.20 bits per heavy atom. The predicted octanol–water partition coefficient (Wildman–Crippen LogP) is 2.32. The fourth-order valence-electron chi connectivity index (χ4n) is 2.14. The van der Waals surface area contributed by atoms with Gasteiger partial charge >= 0.3 is 0 Å². The van der Waals surface area contributed by atoms with Gasteiger partial charge in [0.2, 0.25) is 10.0 Å². The van der Waals surface area contributed by atoms with Gasteiger partial charge in [-0.1, -0.05) is 17.7 Å². The molecule has 20 heavy (non-hydrogen) atoms. The minimum atomic E-state index is -3.84. The zero-order chi connectivity index (χ0) is 13.9. The normalized spacial score (nSPS) is 18.8. The summed E-state index contributed by atoms with van der Waals surface area (Å²) in [6, 6.07) is 4.28. The topological polar surface area (TPSA) is 58.2 Å². The van der Waals surface area contributed by atoms with Crippen molar-refractivity contribution < 1.29 is 12.8 Å². The van der Waals surface area contributed by atoms with Crippen LogP contribution in [0.15, 0.2) is 23.1 Å². The van der Waals surface area contributed by atoms with Crippen molar-refractivity contribution >= 4 is 34.0 Å². The van der Waals surface area contributed by atoms with Gasteiger partial charge in [-0.3, -0.25) is 0 Å². The first kappa shape index (κ1) is 17.7. The van der Waals surface area contributed by atoms with Crippen molar-refractivity contribution in [2.24, 2.45) is 0 Å². The number of benzene rings is 1. The Kier molecular flexibility index (Phi) is 6.68. The van der Waals surface area contributed by atoms with Crippen molar-refractivity contribution in [3.8, 4) is 0 Å². The number of halogens is 3. The molecule has 0 aromatic heterocycles. The summed E-state index contributed by atoms with van der Waals surface area (Å²) < 4.78 is 40.0. The standard InChI is InChI=1S/C12H16ClFN2O2S.ClH/c13-10-4-1-5-11(12(10)14)19(17,18)16-8-6-9-3-2-7-15-9;/h1,4-5,9,15-16H,2-3,6-8H2;1H/t9-;/m1./s1. The Hall–Kier alpha value is -0.400. The molecule has 1 saturated heterocycles. The monoisotopic (exact) mass is 342 g/mol. The average Bonchev–Trinajstić information content (AvgIpc) is 2.85. The lowest BCUT2D eigenvalue weighted by Crippen LogP contribution is -2.31. The van der Waals surface area contributed by atoms with Crippen LogP contribution in [0, 0.1) is 5.82 Å². The first-order valence-electron chi connectivity index (χ1n) is 6.18. The summed E-state index contributed by atoms with van der Waals surface area (Å²) in [5.41, 5.74) is 0. The molecule has 0 amide bonds. The van der Waals surface area contributed by atoms with Gasteiger partial charge in [-0.05, 0) is 37.9 Å². The molecule has 2 rings (SSSR count). The molecule has 0 saturated carbocycles. The molecule has 1 aromatic rings. The summed E-state index contributed by atoms with van der Waals surface area (Å²) in [6.07, 6.45) is 2.86. The smallest absolute Gasteiger partial charge is 0.243 e. The number of hydrogen-bond acceptors (Lipinski definition) is 3. The molecule has 0 unspecified atom stereocenters. The predicted molar refractivity (Wildman–Crippen MR) is 79.5 cm³/mol. The molecule has 2 N–H and O–H groups in total. The number of nitrogens with one attached hydrogen (secondary N) is 2.